The quantitative estimate of drug-likeness (QED) is 0.757. The first-order chi connectivity index (χ1) is 8.63. The molecule has 96 valence electrons. The van der Waals surface area contributed by atoms with Crippen LogP contribution < -0.4 is 5.32 Å². The molecule has 18 heavy (non-hydrogen) atoms. The number of rotatable bonds is 7. The highest BCUT2D eigenvalue weighted by molar-refractivity contribution is 9.10. The van der Waals surface area contributed by atoms with Crippen molar-refractivity contribution in [2.24, 2.45) is 0 Å². The number of carbonyl (C=O) groups is 1. The van der Waals surface area contributed by atoms with Gasteiger partial charge in [0.25, 0.3) is 0 Å². The molecule has 1 rings (SSSR count). The van der Waals surface area contributed by atoms with Gasteiger partial charge >= 0.3 is 5.97 Å². The van der Waals surface area contributed by atoms with Crippen molar-refractivity contribution in [2.75, 3.05) is 11.9 Å². The number of hydrogen-bond donors (Lipinski definition) is 2. The molecular formula is C13H15BrN2O2. The summed E-state index contributed by atoms with van der Waals surface area (Å²) in [5, 5.41) is 20.5. The van der Waals surface area contributed by atoms with E-state index in [1.807, 2.05) is 12.1 Å². The van der Waals surface area contributed by atoms with E-state index in [9.17, 15) is 4.79 Å². The number of hydrogen-bond acceptors (Lipinski definition) is 3. The van der Waals surface area contributed by atoms with Gasteiger partial charge in [0.15, 0.2) is 0 Å². The van der Waals surface area contributed by atoms with Crippen molar-refractivity contribution in [1.29, 1.82) is 5.26 Å². The molecule has 1 aromatic rings. The molecule has 0 atom stereocenters. The SMILES string of the molecule is N#Cc1ccc(NCCCCCC(=O)O)cc1Br. The zero-order valence-corrected chi connectivity index (χ0v) is 11.5. The minimum Gasteiger partial charge on any atom is -0.481 e. The van der Waals surface area contributed by atoms with E-state index in [1.54, 1.807) is 6.07 Å². The zero-order valence-electron chi connectivity index (χ0n) is 9.95. The van der Waals surface area contributed by atoms with Crippen molar-refractivity contribution in [3.8, 4) is 6.07 Å². The molecule has 0 amide bonds. The van der Waals surface area contributed by atoms with Gasteiger partial charge in [0.1, 0.15) is 6.07 Å². The second-order valence-corrected chi connectivity index (χ2v) is 4.79. The van der Waals surface area contributed by atoms with Crippen LogP contribution in [0.2, 0.25) is 0 Å². The van der Waals surface area contributed by atoms with Gasteiger partial charge in [0.05, 0.1) is 5.56 Å². The Kier molecular flexibility index (Phi) is 6.23. The molecule has 0 aliphatic heterocycles. The normalized spacial score (nSPS) is 9.78. The lowest BCUT2D eigenvalue weighted by Gasteiger charge is -2.07. The van der Waals surface area contributed by atoms with Crippen LogP contribution in [-0.2, 0) is 4.79 Å². The predicted molar refractivity (Wildman–Crippen MR) is 73.5 cm³/mol. The number of carboxylic acid groups (broad SMARTS) is 1. The average molecular weight is 311 g/mol. The number of nitrogens with one attached hydrogen (secondary N) is 1. The molecule has 4 nitrogen and oxygen atoms in total. The summed E-state index contributed by atoms with van der Waals surface area (Å²) in [4.78, 5) is 10.3. The van der Waals surface area contributed by atoms with Crippen LogP contribution in [0.25, 0.3) is 0 Å². The van der Waals surface area contributed by atoms with E-state index >= 15 is 0 Å². The number of benzene rings is 1. The summed E-state index contributed by atoms with van der Waals surface area (Å²) < 4.78 is 0.779. The van der Waals surface area contributed by atoms with Gasteiger partial charge in [-0.3, -0.25) is 4.79 Å². The minimum atomic E-state index is -0.737. The topological polar surface area (TPSA) is 73.1 Å². The maximum absolute atomic E-state index is 10.3. The molecule has 0 bridgehead atoms. The molecule has 0 fully saturated rings. The third-order valence-electron chi connectivity index (χ3n) is 2.49. The maximum atomic E-state index is 10.3. The van der Waals surface area contributed by atoms with E-state index in [0.29, 0.717) is 12.0 Å². The third kappa shape index (κ3) is 5.19. The first-order valence-electron chi connectivity index (χ1n) is 5.79. The minimum absolute atomic E-state index is 0.239. The van der Waals surface area contributed by atoms with Gasteiger partial charge in [-0.05, 0) is 47.0 Å². The zero-order chi connectivity index (χ0) is 13.4. The van der Waals surface area contributed by atoms with Crippen LogP contribution in [0.5, 0.6) is 0 Å². The Morgan fingerprint density at radius 1 is 1.39 bits per heavy atom. The number of unbranched alkanes of at least 4 members (excludes halogenated alkanes) is 2. The molecule has 0 aliphatic carbocycles. The molecule has 0 spiro atoms. The van der Waals surface area contributed by atoms with Crippen molar-refractivity contribution >= 4 is 27.6 Å². The number of nitriles is 1. The lowest BCUT2D eigenvalue weighted by atomic mass is 10.2. The number of carboxylic acids is 1. The molecular weight excluding hydrogens is 296 g/mol. The lowest BCUT2D eigenvalue weighted by Crippen LogP contribution is -2.02. The summed E-state index contributed by atoms with van der Waals surface area (Å²) in [6, 6.07) is 7.58. The second kappa shape index (κ2) is 7.72. The van der Waals surface area contributed by atoms with E-state index in [4.69, 9.17) is 10.4 Å². The fourth-order valence-electron chi connectivity index (χ4n) is 1.53. The van der Waals surface area contributed by atoms with Gasteiger partial charge in [-0.2, -0.15) is 5.26 Å². The highest BCUT2D eigenvalue weighted by Gasteiger charge is 2.00. The molecule has 0 saturated carbocycles. The van der Waals surface area contributed by atoms with Gasteiger partial charge in [-0.1, -0.05) is 6.42 Å². The molecule has 0 saturated heterocycles. The molecule has 0 radical (unpaired) electrons. The van der Waals surface area contributed by atoms with Crippen LogP contribution in [0.1, 0.15) is 31.2 Å². The fourth-order valence-corrected chi connectivity index (χ4v) is 1.99. The molecule has 0 aromatic heterocycles. The monoisotopic (exact) mass is 310 g/mol. The standard InChI is InChI=1S/C13H15BrN2O2/c14-12-8-11(6-5-10(12)9-15)16-7-3-1-2-4-13(17)18/h5-6,8,16H,1-4,7H2,(H,17,18). The van der Waals surface area contributed by atoms with Gasteiger partial charge < -0.3 is 10.4 Å². The Labute approximate surface area is 115 Å². The number of halogens is 1. The predicted octanol–water partition coefficient (Wildman–Crippen LogP) is 3.38. The van der Waals surface area contributed by atoms with Gasteiger partial charge in [0.2, 0.25) is 0 Å². The summed E-state index contributed by atoms with van der Waals surface area (Å²) in [5.41, 5.74) is 1.57. The lowest BCUT2D eigenvalue weighted by molar-refractivity contribution is -0.137. The summed E-state index contributed by atoms with van der Waals surface area (Å²) >= 11 is 3.33. The Hall–Kier alpha value is -1.54. The van der Waals surface area contributed by atoms with Crippen molar-refractivity contribution in [1.82, 2.24) is 0 Å². The van der Waals surface area contributed by atoms with Gasteiger partial charge in [-0.15, -0.1) is 0 Å². The van der Waals surface area contributed by atoms with E-state index in [0.717, 1.165) is 29.5 Å². The smallest absolute Gasteiger partial charge is 0.303 e. The molecule has 1 aromatic carbocycles. The first-order valence-corrected chi connectivity index (χ1v) is 6.58. The van der Waals surface area contributed by atoms with E-state index < -0.39 is 5.97 Å². The van der Waals surface area contributed by atoms with Crippen molar-refractivity contribution in [3.05, 3.63) is 28.2 Å². The summed E-state index contributed by atoms with van der Waals surface area (Å²) in [7, 11) is 0. The van der Waals surface area contributed by atoms with Crippen molar-refractivity contribution in [3.63, 3.8) is 0 Å². The summed E-state index contributed by atoms with van der Waals surface area (Å²) in [6.45, 7) is 0.804. The van der Waals surface area contributed by atoms with Crippen molar-refractivity contribution in [2.45, 2.75) is 25.7 Å². The molecule has 5 heteroatoms. The average Bonchev–Trinajstić information content (AvgIpc) is 2.33. The van der Waals surface area contributed by atoms with Crippen LogP contribution in [0, 0.1) is 11.3 Å². The Morgan fingerprint density at radius 3 is 2.78 bits per heavy atom. The Morgan fingerprint density at radius 2 is 2.17 bits per heavy atom. The third-order valence-corrected chi connectivity index (χ3v) is 3.14. The second-order valence-electron chi connectivity index (χ2n) is 3.94. The highest BCUT2D eigenvalue weighted by atomic mass is 79.9. The molecule has 0 aliphatic rings. The molecule has 0 unspecified atom stereocenters. The highest BCUT2D eigenvalue weighted by Crippen LogP contribution is 2.20. The number of anilines is 1. The van der Waals surface area contributed by atoms with Gasteiger partial charge in [-0.25, -0.2) is 0 Å². The molecule has 2 N–H and O–H groups in total. The summed E-state index contributed by atoms with van der Waals surface area (Å²) in [6.07, 6.45) is 2.79. The first kappa shape index (κ1) is 14.5. The Bertz CT molecular complexity index is 455. The van der Waals surface area contributed by atoms with Gasteiger partial charge in [0, 0.05) is 23.1 Å². The summed E-state index contributed by atoms with van der Waals surface area (Å²) in [5.74, 6) is -0.737. The fraction of sp³-hybridized carbons (Fsp3) is 0.385. The number of aliphatic carboxylic acids is 1. The number of nitrogens with zero attached hydrogens (tertiary/aromatic N) is 1. The van der Waals surface area contributed by atoms with Crippen molar-refractivity contribution < 1.29 is 9.90 Å². The Balaban J connectivity index is 2.26. The van der Waals surface area contributed by atoms with E-state index in [2.05, 4.69) is 27.3 Å². The van der Waals surface area contributed by atoms with E-state index in [1.165, 1.54) is 0 Å². The molecule has 0 heterocycles. The van der Waals surface area contributed by atoms with Crippen LogP contribution in [-0.4, -0.2) is 17.6 Å². The van der Waals surface area contributed by atoms with Crippen LogP contribution >= 0.6 is 15.9 Å². The van der Waals surface area contributed by atoms with Crippen LogP contribution in [0.3, 0.4) is 0 Å². The maximum Gasteiger partial charge on any atom is 0.303 e. The van der Waals surface area contributed by atoms with Crippen LogP contribution in [0.15, 0.2) is 22.7 Å². The van der Waals surface area contributed by atoms with Crippen LogP contribution in [0.4, 0.5) is 5.69 Å². The largest absolute Gasteiger partial charge is 0.481 e. The van der Waals surface area contributed by atoms with E-state index in [-0.39, 0.29) is 6.42 Å².